The zero-order valence-electron chi connectivity index (χ0n) is 22.0. The molecule has 1 aromatic heterocycles. The molecule has 2 heterocycles. The molecule has 5 rings (SSSR count). The minimum Gasteiger partial charge on any atom is -0.396 e. The highest BCUT2D eigenvalue weighted by Gasteiger charge is 2.48. The number of aromatic nitrogens is 1. The Morgan fingerprint density at radius 1 is 1.03 bits per heavy atom. The molecule has 4 N–H and O–H groups in total. The average molecular weight is 526 g/mol. The van der Waals surface area contributed by atoms with Gasteiger partial charge < -0.3 is 20.5 Å². The topological polar surface area (TPSA) is 97.8 Å². The van der Waals surface area contributed by atoms with Crippen LogP contribution < -0.4 is 5.32 Å². The average Bonchev–Trinajstić information content (AvgIpc) is 3.54. The van der Waals surface area contributed by atoms with Crippen molar-refractivity contribution in [3.63, 3.8) is 0 Å². The van der Waals surface area contributed by atoms with Gasteiger partial charge in [0.15, 0.2) is 0 Å². The summed E-state index contributed by atoms with van der Waals surface area (Å²) in [7, 11) is 0. The molecule has 0 spiro atoms. The quantitative estimate of drug-likeness (QED) is 0.233. The third kappa shape index (κ3) is 6.29. The number of aliphatic hydroxyl groups is 2. The van der Waals surface area contributed by atoms with Crippen LogP contribution in [-0.2, 0) is 22.6 Å². The highest BCUT2D eigenvalue weighted by atomic mass is 16.7. The molecule has 1 aliphatic rings. The molecular weight excluding hydrogens is 490 g/mol. The van der Waals surface area contributed by atoms with Gasteiger partial charge in [0, 0.05) is 29.6 Å². The number of H-pyrrole nitrogens is 1. The first-order valence-electron chi connectivity index (χ1n) is 13.4. The van der Waals surface area contributed by atoms with E-state index in [0.29, 0.717) is 19.5 Å². The minimum atomic E-state index is -0.834. The van der Waals surface area contributed by atoms with Crippen molar-refractivity contribution in [3.05, 3.63) is 107 Å². The molecule has 0 bridgehead atoms. The van der Waals surface area contributed by atoms with Crippen molar-refractivity contribution in [2.24, 2.45) is 5.92 Å². The van der Waals surface area contributed by atoms with Gasteiger partial charge in [-0.25, -0.2) is 0 Å². The number of hydrogen-bond acceptors (Lipinski definition) is 5. The van der Waals surface area contributed by atoms with Crippen LogP contribution in [0.4, 0.5) is 0 Å². The molecule has 202 valence electrons. The van der Waals surface area contributed by atoms with E-state index in [2.05, 4.69) is 40.7 Å². The number of carbonyl (C=O) groups is 1. The first-order valence-corrected chi connectivity index (χ1v) is 13.4. The van der Waals surface area contributed by atoms with Crippen molar-refractivity contribution in [1.82, 2.24) is 15.4 Å². The molecule has 3 aromatic carbocycles. The fourth-order valence-electron chi connectivity index (χ4n) is 5.24. The molecule has 1 aliphatic heterocycles. The number of para-hydroxylation sites is 1. The number of hydrogen-bond donors (Lipinski definition) is 4. The van der Waals surface area contributed by atoms with E-state index in [1.165, 1.54) is 0 Å². The molecule has 0 radical (unpaired) electrons. The number of amides is 1. The summed E-state index contributed by atoms with van der Waals surface area (Å²) in [6, 6.07) is 25.5. The number of fused-ring (bicyclic) bond motifs is 1. The summed E-state index contributed by atoms with van der Waals surface area (Å²) >= 11 is 0. The largest absolute Gasteiger partial charge is 0.396 e. The van der Waals surface area contributed by atoms with E-state index < -0.39 is 24.2 Å². The molecule has 1 fully saturated rings. The summed E-state index contributed by atoms with van der Waals surface area (Å²) < 4.78 is 0. The zero-order chi connectivity index (χ0) is 27.2. The van der Waals surface area contributed by atoms with E-state index in [1.54, 1.807) is 12.0 Å². The third-order valence-corrected chi connectivity index (χ3v) is 7.30. The Labute approximate surface area is 228 Å². The van der Waals surface area contributed by atoms with Crippen molar-refractivity contribution < 1.29 is 19.8 Å². The smallest absolute Gasteiger partial charge is 0.240 e. The van der Waals surface area contributed by atoms with Gasteiger partial charge in [-0.05, 0) is 41.7 Å². The summed E-state index contributed by atoms with van der Waals surface area (Å²) in [6.45, 7) is 2.15. The lowest BCUT2D eigenvalue weighted by molar-refractivity contribution is -0.192. The lowest BCUT2D eigenvalue weighted by Gasteiger charge is -2.24. The van der Waals surface area contributed by atoms with Gasteiger partial charge in [0.25, 0.3) is 0 Å². The number of nitrogens with one attached hydrogen (secondary N) is 2. The number of hydroxylamine groups is 2. The Hall–Kier alpha value is -3.75. The van der Waals surface area contributed by atoms with Crippen LogP contribution in [0.25, 0.3) is 23.1 Å². The monoisotopic (exact) mass is 525 g/mol. The van der Waals surface area contributed by atoms with E-state index in [-0.39, 0.29) is 12.5 Å². The second kappa shape index (κ2) is 12.4. The van der Waals surface area contributed by atoms with Gasteiger partial charge >= 0.3 is 0 Å². The Balaban J connectivity index is 1.25. The van der Waals surface area contributed by atoms with Crippen LogP contribution in [0, 0.1) is 5.92 Å². The fraction of sp³-hybridized carbons (Fsp3) is 0.281. The van der Waals surface area contributed by atoms with Crippen LogP contribution in [-0.4, -0.2) is 57.6 Å². The maximum Gasteiger partial charge on any atom is 0.240 e. The Morgan fingerprint density at radius 2 is 1.72 bits per heavy atom. The van der Waals surface area contributed by atoms with E-state index in [0.717, 1.165) is 33.2 Å². The van der Waals surface area contributed by atoms with Gasteiger partial charge in [-0.2, -0.15) is 5.06 Å². The number of aliphatic hydroxyl groups excluding tert-OH is 2. The molecule has 0 saturated carbocycles. The van der Waals surface area contributed by atoms with Crippen LogP contribution in [0.5, 0.6) is 0 Å². The van der Waals surface area contributed by atoms with Crippen LogP contribution in [0.1, 0.15) is 29.2 Å². The second-order valence-corrected chi connectivity index (χ2v) is 10.1. The molecule has 39 heavy (non-hydrogen) atoms. The van der Waals surface area contributed by atoms with E-state index in [1.807, 2.05) is 66.9 Å². The number of nitrogens with zero attached hydrogens (tertiary/aromatic N) is 1. The molecule has 1 saturated heterocycles. The molecule has 4 aromatic rings. The predicted molar refractivity (Wildman–Crippen MR) is 153 cm³/mol. The summed E-state index contributed by atoms with van der Waals surface area (Å²) in [6.07, 6.45) is 5.26. The van der Waals surface area contributed by atoms with Crippen molar-refractivity contribution in [2.45, 2.75) is 38.1 Å². The highest BCUT2D eigenvalue weighted by molar-refractivity contribution is 5.84. The molecule has 0 unspecified atom stereocenters. The summed E-state index contributed by atoms with van der Waals surface area (Å²) in [5.74, 6) is -0.773. The molecule has 4 atom stereocenters. The number of benzene rings is 3. The fourth-order valence-corrected chi connectivity index (χ4v) is 5.24. The standard InChI is InChI=1S/C32H35N3O4/c1-22(37)31-28(21-36)30(32(38)33-18-17-26-19-34-29-10-6-5-9-27(26)29)35(39-31)20-25-15-13-24(14-16-25)12-11-23-7-3-2-4-8-23/h2-16,19,22,28,30-31,34,36-37H,17-18,20-21H2,1H3,(H,33,38)/b12-11+/t22-,28-,30-,31-/m1/s1. The van der Waals surface area contributed by atoms with Gasteiger partial charge in [-0.3, -0.25) is 9.63 Å². The molecular formula is C32H35N3O4. The predicted octanol–water partition coefficient (Wildman–Crippen LogP) is 4.17. The van der Waals surface area contributed by atoms with Crippen LogP contribution >= 0.6 is 0 Å². The SMILES string of the molecule is C[C@@H](O)[C@H]1ON(Cc2ccc(/C=C/c3ccccc3)cc2)[C@@H](C(=O)NCCc2c[nH]c3ccccc23)[C@H]1CO. The first kappa shape index (κ1) is 26.8. The number of aromatic amines is 1. The van der Waals surface area contributed by atoms with Gasteiger partial charge in [0.05, 0.1) is 19.3 Å². The first-order chi connectivity index (χ1) is 19.0. The molecule has 0 aliphatic carbocycles. The van der Waals surface area contributed by atoms with Crippen molar-refractivity contribution in [1.29, 1.82) is 0 Å². The number of rotatable bonds is 10. The Morgan fingerprint density at radius 3 is 2.44 bits per heavy atom. The lowest BCUT2D eigenvalue weighted by Crippen LogP contribution is -2.48. The normalized spacial score (nSPS) is 20.5. The third-order valence-electron chi connectivity index (χ3n) is 7.30. The van der Waals surface area contributed by atoms with Gasteiger partial charge in [-0.1, -0.05) is 84.9 Å². The van der Waals surface area contributed by atoms with Gasteiger partial charge in [0.1, 0.15) is 12.1 Å². The van der Waals surface area contributed by atoms with Crippen molar-refractivity contribution in [2.75, 3.05) is 13.2 Å². The van der Waals surface area contributed by atoms with Gasteiger partial charge in [0.2, 0.25) is 5.91 Å². The minimum absolute atomic E-state index is 0.223. The zero-order valence-corrected chi connectivity index (χ0v) is 22.0. The number of carbonyl (C=O) groups excluding carboxylic acids is 1. The summed E-state index contributed by atoms with van der Waals surface area (Å²) in [5, 5.41) is 26.3. The van der Waals surface area contributed by atoms with Gasteiger partial charge in [-0.15, -0.1) is 0 Å². The highest BCUT2D eigenvalue weighted by Crippen LogP contribution is 2.31. The maximum absolute atomic E-state index is 13.4. The van der Waals surface area contributed by atoms with Crippen molar-refractivity contribution in [3.8, 4) is 0 Å². The molecule has 7 nitrogen and oxygen atoms in total. The van der Waals surface area contributed by atoms with Crippen LogP contribution in [0.2, 0.25) is 0 Å². The van der Waals surface area contributed by atoms with Crippen LogP contribution in [0.3, 0.4) is 0 Å². The van der Waals surface area contributed by atoms with Crippen LogP contribution in [0.15, 0.2) is 85.1 Å². The molecule has 7 heteroatoms. The Kier molecular flexibility index (Phi) is 8.54. The lowest BCUT2D eigenvalue weighted by atomic mass is 9.92. The van der Waals surface area contributed by atoms with E-state index in [4.69, 9.17) is 4.84 Å². The molecule has 1 amide bonds. The van der Waals surface area contributed by atoms with E-state index >= 15 is 0 Å². The van der Waals surface area contributed by atoms with E-state index in [9.17, 15) is 15.0 Å². The second-order valence-electron chi connectivity index (χ2n) is 10.1. The summed E-state index contributed by atoms with van der Waals surface area (Å²) in [4.78, 5) is 22.7. The van der Waals surface area contributed by atoms with Crippen molar-refractivity contribution >= 4 is 29.0 Å². The summed E-state index contributed by atoms with van der Waals surface area (Å²) in [5.41, 5.74) is 5.35. The maximum atomic E-state index is 13.4. The Bertz CT molecular complexity index is 1400.